The Morgan fingerprint density at radius 3 is 2.55 bits per heavy atom. The van der Waals surface area contributed by atoms with E-state index in [1.54, 1.807) is 6.20 Å². The predicted octanol–water partition coefficient (Wildman–Crippen LogP) is 3.78. The molecule has 0 radical (unpaired) electrons. The molecule has 2 aliphatic heterocycles. The molecule has 0 aliphatic carbocycles. The largest absolute Gasteiger partial charge is 0.481 e. The molecular formula is C30H44N4O6. The summed E-state index contributed by atoms with van der Waals surface area (Å²) in [6.07, 6.45) is 6.64. The van der Waals surface area contributed by atoms with Crippen LogP contribution in [0.4, 0.5) is 0 Å². The molecule has 1 saturated heterocycles. The monoisotopic (exact) mass is 556 g/mol. The highest BCUT2D eigenvalue weighted by atomic mass is 16.7. The van der Waals surface area contributed by atoms with Crippen LogP contribution in [0.3, 0.4) is 0 Å². The van der Waals surface area contributed by atoms with E-state index in [1.807, 2.05) is 30.0 Å². The number of hydrogen-bond donors (Lipinski definition) is 1. The maximum absolute atomic E-state index is 13.7. The number of likely N-dealkylation sites (tertiary alicyclic amines) is 1. The molecule has 1 aromatic heterocycles. The molecule has 0 saturated carbocycles. The Hall–Kier alpha value is -3.11. The molecular weight excluding hydrogens is 512 g/mol. The molecule has 1 amide bonds. The lowest BCUT2D eigenvalue weighted by molar-refractivity contribution is -0.143. The third-order valence-corrected chi connectivity index (χ3v) is 7.94. The van der Waals surface area contributed by atoms with Gasteiger partial charge in [0, 0.05) is 38.0 Å². The summed E-state index contributed by atoms with van der Waals surface area (Å²) in [5.41, 5.74) is 0.884. The summed E-state index contributed by atoms with van der Waals surface area (Å²) in [7, 11) is 4.12. The average molecular weight is 557 g/mol. The molecule has 40 heavy (non-hydrogen) atoms. The number of aliphatic carboxylic acids is 1. The zero-order valence-corrected chi connectivity index (χ0v) is 24.3. The van der Waals surface area contributed by atoms with Gasteiger partial charge in [0.25, 0.3) is 0 Å². The van der Waals surface area contributed by atoms with E-state index < -0.39 is 11.9 Å². The number of aromatic nitrogens is 1. The third-order valence-electron chi connectivity index (χ3n) is 7.94. The summed E-state index contributed by atoms with van der Waals surface area (Å²) in [5.74, 6) is 0.827. The lowest BCUT2D eigenvalue weighted by Gasteiger charge is -2.29. The number of rotatable bonds is 15. The molecule has 4 rings (SSSR count). The van der Waals surface area contributed by atoms with E-state index in [0.717, 1.165) is 50.1 Å². The number of benzene rings is 1. The van der Waals surface area contributed by atoms with Gasteiger partial charge in [0.15, 0.2) is 17.4 Å². The molecule has 0 spiro atoms. The molecule has 1 N–H and O–H groups in total. The van der Waals surface area contributed by atoms with Crippen LogP contribution in [-0.2, 0) is 16.0 Å². The van der Waals surface area contributed by atoms with Gasteiger partial charge >= 0.3 is 5.97 Å². The number of carboxylic acid groups (broad SMARTS) is 1. The van der Waals surface area contributed by atoms with Crippen molar-refractivity contribution in [2.24, 2.45) is 5.92 Å². The highest BCUT2D eigenvalue weighted by Gasteiger charge is 2.47. The molecule has 1 aromatic carbocycles. The van der Waals surface area contributed by atoms with Gasteiger partial charge in [-0.2, -0.15) is 0 Å². The van der Waals surface area contributed by atoms with Crippen LogP contribution in [0.2, 0.25) is 0 Å². The molecule has 0 bridgehead atoms. The van der Waals surface area contributed by atoms with Crippen molar-refractivity contribution in [3.63, 3.8) is 0 Å². The fraction of sp³-hybridized carbons (Fsp3) is 0.633. The van der Waals surface area contributed by atoms with Gasteiger partial charge in [-0.15, -0.1) is 0 Å². The summed E-state index contributed by atoms with van der Waals surface area (Å²) in [5, 5.41) is 10.5. The Morgan fingerprint density at radius 1 is 1.10 bits per heavy atom. The van der Waals surface area contributed by atoms with Gasteiger partial charge < -0.3 is 28.8 Å². The molecule has 1 fully saturated rings. The summed E-state index contributed by atoms with van der Waals surface area (Å²) in [6.45, 7) is 7.22. The van der Waals surface area contributed by atoms with Gasteiger partial charge in [0.1, 0.15) is 5.76 Å². The zero-order chi connectivity index (χ0) is 28.6. The molecule has 0 unspecified atom stereocenters. The van der Waals surface area contributed by atoms with Crippen molar-refractivity contribution in [1.82, 2.24) is 19.7 Å². The maximum atomic E-state index is 13.7. The zero-order valence-electron chi connectivity index (χ0n) is 24.3. The van der Waals surface area contributed by atoms with Crippen LogP contribution in [0.15, 0.2) is 28.8 Å². The van der Waals surface area contributed by atoms with Gasteiger partial charge in [-0.05, 0) is 70.9 Å². The molecule has 3 heterocycles. The van der Waals surface area contributed by atoms with Crippen LogP contribution in [0.25, 0.3) is 0 Å². The van der Waals surface area contributed by atoms with Crippen LogP contribution in [0.5, 0.6) is 11.5 Å². The molecule has 10 heteroatoms. The van der Waals surface area contributed by atoms with Crippen molar-refractivity contribution in [2.45, 2.75) is 64.3 Å². The third kappa shape index (κ3) is 7.54. The second-order valence-electron chi connectivity index (χ2n) is 11.2. The summed E-state index contributed by atoms with van der Waals surface area (Å²) >= 11 is 0. The van der Waals surface area contributed by atoms with E-state index in [9.17, 15) is 14.7 Å². The minimum Gasteiger partial charge on any atom is -0.481 e. The fourth-order valence-corrected chi connectivity index (χ4v) is 5.84. The van der Waals surface area contributed by atoms with E-state index in [-0.39, 0.29) is 31.2 Å². The van der Waals surface area contributed by atoms with E-state index in [4.69, 9.17) is 13.9 Å². The number of unbranched alkanes of at least 4 members (excludes halogenated alkanes) is 2. The number of aryl methyl sites for hydroxylation is 2. The standard InChI is InChI=1S/C30H44N4O6/c1-5-6-14-33(15-8-7-13-32(3)4)28(35)19-34-18-23(22-9-11-25-26(16-22)39-20-38-25)29(30(36)37)24(34)10-12-27-31-17-21(2)40-27/h9,11,16-17,23-24,29H,5-8,10,12-15,18-20H2,1-4H3,(H,36,37)/t23-,24-,29+/m1/s1. The van der Waals surface area contributed by atoms with Crippen LogP contribution in [0.1, 0.15) is 62.2 Å². The van der Waals surface area contributed by atoms with Crippen molar-refractivity contribution >= 4 is 11.9 Å². The highest BCUT2D eigenvalue weighted by molar-refractivity contribution is 5.79. The molecule has 3 atom stereocenters. The van der Waals surface area contributed by atoms with Crippen LogP contribution in [-0.4, -0.2) is 96.3 Å². The highest BCUT2D eigenvalue weighted by Crippen LogP contribution is 2.43. The van der Waals surface area contributed by atoms with Gasteiger partial charge in [-0.1, -0.05) is 19.4 Å². The van der Waals surface area contributed by atoms with Crippen molar-refractivity contribution in [3.8, 4) is 11.5 Å². The second-order valence-corrected chi connectivity index (χ2v) is 11.2. The summed E-state index contributed by atoms with van der Waals surface area (Å²) in [4.78, 5) is 37.0. The first-order valence-electron chi connectivity index (χ1n) is 14.5. The Kier molecular flexibility index (Phi) is 10.4. The smallest absolute Gasteiger partial charge is 0.308 e. The Balaban J connectivity index is 1.54. The van der Waals surface area contributed by atoms with E-state index in [0.29, 0.717) is 43.3 Å². The van der Waals surface area contributed by atoms with E-state index in [2.05, 4.69) is 35.8 Å². The number of carbonyl (C=O) groups is 2. The fourth-order valence-electron chi connectivity index (χ4n) is 5.84. The first-order chi connectivity index (χ1) is 19.3. The Bertz CT molecular complexity index is 1140. The van der Waals surface area contributed by atoms with Gasteiger partial charge in [-0.25, -0.2) is 4.98 Å². The van der Waals surface area contributed by atoms with Crippen LogP contribution in [0, 0.1) is 12.8 Å². The average Bonchev–Trinajstić information content (AvgIpc) is 3.64. The first-order valence-corrected chi connectivity index (χ1v) is 14.5. The SMILES string of the molecule is CCCCN(CCCCN(C)C)C(=O)CN1C[C@H](c2ccc3c(c2)OCO3)[C@H](C(=O)O)[C@H]1CCc1ncc(C)o1. The lowest BCUT2D eigenvalue weighted by atomic mass is 9.83. The number of oxazole rings is 1. The number of amides is 1. The minimum atomic E-state index is -0.863. The van der Waals surface area contributed by atoms with Crippen molar-refractivity contribution in [1.29, 1.82) is 0 Å². The van der Waals surface area contributed by atoms with Crippen LogP contribution >= 0.6 is 0 Å². The first kappa shape index (κ1) is 29.9. The Labute approximate surface area is 237 Å². The Morgan fingerprint density at radius 2 is 1.85 bits per heavy atom. The van der Waals surface area contributed by atoms with Crippen molar-refractivity contribution < 1.29 is 28.6 Å². The normalized spacial score (nSPS) is 20.4. The van der Waals surface area contributed by atoms with Crippen LogP contribution < -0.4 is 9.47 Å². The number of carboxylic acids is 1. The lowest BCUT2D eigenvalue weighted by Crippen LogP contribution is -2.45. The molecule has 2 aliphatic rings. The molecule has 220 valence electrons. The van der Waals surface area contributed by atoms with Gasteiger partial charge in [0.2, 0.25) is 12.7 Å². The number of carbonyl (C=O) groups excluding carboxylic acids is 1. The topological polar surface area (TPSA) is 109 Å². The summed E-state index contributed by atoms with van der Waals surface area (Å²) < 4.78 is 16.7. The summed E-state index contributed by atoms with van der Waals surface area (Å²) in [6, 6.07) is 5.31. The number of hydrogen-bond acceptors (Lipinski definition) is 8. The maximum Gasteiger partial charge on any atom is 0.308 e. The quantitative estimate of drug-likeness (QED) is 0.328. The van der Waals surface area contributed by atoms with Crippen molar-refractivity contribution in [3.05, 3.63) is 41.6 Å². The number of fused-ring (bicyclic) bond motifs is 1. The van der Waals surface area contributed by atoms with Gasteiger partial charge in [0.05, 0.1) is 18.7 Å². The van der Waals surface area contributed by atoms with E-state index >= 15 is 0 Å². The number of ether oxygens (including phenoxy) is 2. The molecule has 10 nitrogen and oxygen atoms in total. The van der Waals surface area contributed by atoms with Gasteiger partial charge in [-0.3, -0.25) is 14.5 Å². The molecule has 2 aromatic rings. The minimum absolute atomic E-state index is 0.0609. The predicted molar refractivity (Wildman–Crippen MR) is 151 cm³/mol. The second kappa shape index (κ2) is 14.0. The van der Waals surface area contributed by atoms with Crippen molar-refractivity contribution in [2.75, 3.05) is 53.6 Å². The number of nitrogens with zero attached hydrogens (tertiary/aromatic N) is 4. The van der Waals surface area contributed by atoms with E-state index in [1.165, 1.54) is 0 Å².